The quantitative estimate of drug-likeness (QED) is 0.881. The van der Waals surface area contributed by atoms with E-state index in [1.165, 1.54) is 6.07 Å². The number of carbonyl (C=O) groups is 1. The third-order valence-electron chi connectivity index (χ3n) is 2.92. The molecule has 0 aromatic heterocycles. The van der Waals surface area contributed by atoms with Crippen LogP contribution in [0.1, 0.15) is 5.56 Å². The lowest BCUT2D eigenvalue weighted by Gasteiger charge is -2.23. The van der Waals surface area contributed by atoms with Crippen molar-refractivity contribution in [2.24, 2.45) is 0 Å². The summed E-state index contributed by atoms with van der Waals surface area (Å²) >= 11 is 0. The summed E-state index contributed by atoms with van der Waals surface area (Å²) < 4.78 is 34.4. The summed E-state index contributed by atoms with van der Waals surface area (Å²) in [5.74, 6) is -0.442. The third-order valence-corrected chi connectivity index (χ3v) is 2.92. The van der Waals surface area contributed by atoms with Crippen molar-refractivity contribution < 1.29 is 23.0 Å². The molecule has 110 valence electrons. The van der Waals surface area contributed by atoms with Gasteiger partial charge in [0.05, 0.1) is 12.3 Å². The monoisotopic (exact) mass is 286 g/mol. The van der Waals surface area contributed by atoms with Gasteiger partial charge in [-0.2, -0.15) is 8.78 Å². The average Bonchev–Trinajstić information content (AvgIpc) is 2.43. The molecule has 7 heteroatoms. The van der Waals surface area contributed by atoms with Crippen LogP contribution < -0.4 is 15.4 Å². The first kappa shape index (κ1) is 14.7. The maximum atomic E-state index is 12.4. The van der Waals surface area contributed by atoms with Crippen LogP contribution in [0.25, 0.3) is 0 Å². The Morgan fingerprint density at radius 2 is 2.35 bits per heavy atom. The van der Waals surface area contributed by atoms with E-state index in [4.69, 9.17) is 4.74 Å². The second-order valence-corrected chi connectivity index (χ2v) is 4.38. The minimum atomic E-state index is -2.94. The van der Waals surface area contributed by atoms with E-state index in [1.54, 1.807) is 19.1 Å². The number of benzene rings is 1. The number of rotatable bonds is 4. The maximum Gasteiger partial charge on any atom is 0.387 e. The highest BCUT2D eigenvalue weighted by Gasteiger charge is 2.23. The smallest absolute Gasteiger partial charge is 0.387 e. The van der Waals surface area contributed by atoms with Gasteiger partial charge in [-0.15, -0.1) is 0 Å². The Kier molecular flexibility index (Phi) is 4.86. The highest BCUT2D eigenvalue weighted by atomic mass is 19.3. The number of halogens is 2. The minimum absolute atomic E-state index is 0.0582. The van der Waals surface area contributed by atoms with Crippen LogP contribution in [0.4, 0.5) is 14.5 Å². The van der Waals surface area contributed by atoms with Crippen molar-refractivity contribution in [3.05, 3.63) is 23.8 Å². The molecule has 1 atom stereocenters. The lowest BCUT2D eigenvalue weighted by molar-refractivity contribution is -0.128. The van der Waals surface area contributed by atoms with E-state index in [0.717, 1.165) is 0 Å². The summed E-state index contributed by atoms with van der Waals surface area (Å²) in [5.41, 5.74) is 0.882. The van der Waals surface area contributed by atoms with Gasteiger partial charge in [-0.25, -0.2) is 0 Å². The van der Waals surface area contributed by atoms with Gasteiger partial charge in [0.15, 0.2) is 0 Å². The van der Waals surface area contributed by atoms with Gasteiger partial charge in [-0.1, -0.05) is 12.1 Å². The number of carbonyl (C=O) groups excluding carboxylic acids is 1. The lowest BCUT2D eigenvalue weighted by atomic mass is 10.1. The van der Waals surface area contributed by atoms with Crippen LogP contribution in [0.2, 0.25) is 0 Å². The van der Waals surface area contributed by atoms with E-state index in [-0.39, 0.29) is 17.3 Å². The molecule has 1 aromatic rings. The molecule has 20 heavy (non-hydrogen) atoms. The van der Waals surface area contributed by atoms with Gasteiger partial charge >= 0.3 is 6.61 Å². The van der Waals surface area contributed by atoms with Gasteiger partial charge in [0, 0.05) is 13.1 Å². The first-order valence-corrected chi connectivity index (χ1v) is 6.25. The van der Waals surface area contributed by atoms with E-state index in [1.807, 2.05) is 0 Å². The summed E-state index contributed by atoms with van der Waals surface area (Å²) in [6, 6.07) is 4.67. The summed E-state index contributed by atoms with van der Waals surface area (Å²) in [4.78, 5) is 12.0. The number of aryl methyl sites for hydroxylation is 1. The number of para-hydroxylation sites is 1. The number of amides is 1. The number of ether oxygens (including phenoxy) is 2. The zero-order valence-corrected chi connectivity index (χ0v) is 11.0. The summed E-state index contributed by atoms with van der Waals surface area (Å²) in [7, 11) is 0. The summed E-state index contributed by atoms with van der Waals surface area (Å²) in [6.07, 6.45) is -0.636. The van der Waals surface area contributed by atoms with Crippen molar-refractivity contribution >= 4 is 11.6 Å². The van der Waals surface area contributed by atoms with Gasteiger partial charge in [-0.3, -0.25) is 4.79 Å². The molecule has 2 N–H and O–H groups in total. The number of morpholine rings is 1. The molecule has 0 bridgehead atoms. The van der Waals surface area contributed by atoms with Gasteiger partial charge in [0.25, 0.3) is 5.91 Å². The van der Waals surface area contributed by atoms with Crippen LogP contribution in [0.15, 0.2) is 18.2 Å². The number of hydrogen-bond acceptors (Lipinski definition) is 4. The van der Waals surface area contributed by atoms with Crippen molar-refractivity contribution in [3.8, 4) is 5.75 Å². The molecule has 1 aromatic carbocycles. The molecule has 1 amide bonds. The van der Waals surface area contributed by atoms with E-state index in [0.29, 0.717) is 25.3 Å². The summed E-state index contributed by atoms with van der Waals surface area (Å²) in [5, 5.41) is 5.62. The van der Waals surface area contributed by atoms with Crippen molar-refractivity contribution in [2.75, 3.05) is 25.0 Å². The molecule has 1 saturated heterocycles. The Hall–Kier alpha value is -1.73. The molecule has 1 aliphatic rings. The molecule has 1 heterocycles. The second-order valence-electron chi connectivity index (χ2n) is 4.38. The lowest BCUT2D eigenvalue weighted by Crippen LogP contribution is -2.45. The number of hydrogen-bond donors (Lipinski definition) is 2. The zero-order chi connectivity index (χ0) is 14.5. The largest absolute Gasteiger partial charge is 0.433 e. The molecule has 1 aliphatic heterocycles. The molecular weight excluding hydrogens is 270 g/mol. The van der Waals surface area contributed by atoms with Crippen molar-refractivity contribution in [1.82, 2.24) is 5.32 Å². The molecule has 0 spiro atoms. The van der Waals surface area contributed by atoms with Gasteiger partial charge in [0.1, 0.15) is 11.9 Å². The van der Waals surface area contributed by atoms with Crippen LogP contribution in [0.5, 0.6) is 5.75 Å². The maximum absolute atomic E-state index is 12.4. The molecule has 5 nitrogen and oxygen atoms in total. The average molecular weight is 286 g/mol. The van der Waals surface area contributed by atoms with Gasteiger partial charge in [0.2, 0.25) is 0 Å². The van der Waals surface area contributed by atoms with Crippen LogP contribution in [-0.2, 0) is 9.53 Å². The zero-order valence-electron chi connectivity index (χ0n) is 11.0. The fourth-order valence-corrected chi connectivity index (χ4v) is 1.93. The van der Waals surface area contributed by atoms with Gasteiger partial charge in [-0.05, 0) is 18.6 Å². The van der Waals surface area contributed by atoms with Crippen LogP contribution in [0, 0.1) is 6.92 Å². The highest BCUT2D eigenvalue weighted by Crippen LogP contribution is 2.29. The highest BCUT2D eigenvalue weighted by molar-refractivity contribution is 5.96. The predicted octanol–water partition coefficient (Wildman–Crippen LogP) is 1.52. The predicted molar refractivity (Wildman–Crippen MR) is 69.1 cm³/mol. The normalized spacial score (nSPS) is 18.9. The number of alkyl halides is 2. The number of anilines is 1. The third kappa shape index (κ3) is 3.64. The van der Waals surface area contributed by atoms with Crippen molar-refractivity contribution in [3.63, 3.8) is 0 Å². The van der Waals surface area contributed by atoms with E-state index < -0.39 is 12.7 Å². The molecular formula is C13H16F2N2O3. The fraction of sp³-hybridized carbons (Fsp3) is 0.462. The molecule has 1 unspecified atom stereocenters. The first-order chi connectivity index (χ1) is 9.58. The molecule has 0 radical (unpaired) electrons. The first-order valence-electron chi connectivity index (χ1n) is 6.25. The van der Waals surface area contributed by atoms with Crippen molar-refractivity contribution in [1.29, 1.82) is 0 Å². The standard InChI is InChI=1S/C13H16F2N2O3/c1-8-3-2-4-9(20-13(14)15)11(8)17-12(18)10-7-16-5-6-19-10/h2-4,10,13,16H,5-7H2,1H3,(H,17,18). The topological polar surface area (TPSA) is 59.6 Å². The Morgan fingerprint density at radius 1 is 1.55 bits per heavy atom. The Labute approximate surface area is 115 Å². The molecule has 1 fully saturated rings. The second kappa shape index (κ2) is 6.62. The number of nitrogens with one attached hydrogen (secondary N) is 2. The Balaban J connectivity index is 2.12. The Bertz CT molecular complexity index is 477. The van der Waals surface area contributed by atoms with Crippen LogP contribution in [0.3, 0.4) is 0 Å². The summed E-state index contributed by atoms with van der Waals surface area (Å²) in [6.45, 7) is 0.275. The van der Waals surface area contributed by atoms with E-state index in [2.05, 4.69) is 15.4 Å². The van der Waals surface area contributed by atoms with E-state index in [9.17, 15) is 13.6 Å². The van der Waals surface area contributed by atoms with E-state index >= 15 is 0 Å². The molecule has 0 saturated carbocycles. The van der Waals surface area contributed by atoms with Crippen LogP contribution in [-0.4, -0.2) is 38.3 Å². The van der Waals surface area contributed by atoms with Crippen molar-refractivity contribution in [2.45, 2.75) is 19.6 Å². The fourth-order valence-electron chi connectivity index (χ4n) is 1.93. The molecule has 0 aliphatic carbocycles. The van der Waals surface area contributed by atoms with Gasteiger partial charge < -0.3 is 20.1 Å². The molecule has 2 rings (SSSR count). The van der Waals surface area contributed by atoms with Crippen LogP contribution >= 0.6 is 0 Å². The Morgan fingerprint density at radius 3 is 3.00 bits per heavy atom. The SMILES string of the molecule is Cc1cccc(OC(F)F)c1NC(=O)C1CNCCO1. The minimum Gasteiger partial charge on any atom is -0.433 e.